The van der Waals surface area contributed by atoms with E-state index in [1.54, 1.807) is 4.31 Å². The van der Waals surface area contributed by atoms with E-state index in [0.29, 0.717) is 29.4 Å². The minimum atomic E-state index is -3.51. The monoisotopic (exact) mass is 435 g/mol. The molecule has 5 rings (SSSR count). The average molecular weight is 436 g/mol. The molecule has 4 fully saturated rings. The van der Waals surface area contributed by atoms with E-state index in [4.69, 9.17) is 9.47 Å². The average Bonchev–Trinajstić information content (AvgIpc) is 3.44. The Morgan fingerprint density at radius 2 is 1.93 bits per heavy atom. The molecule has 8 heteroatoms. The number of ether oxygens (including phenoxy) is 2. The first-order chi connectivity index (χ1) is 14.3. The van der Waals surface area contributed by atoms with Crippen LogP contribution < -0.4 is 0 Å². The Balaban J connectivity index is 1.22. The molecule has 1 aromatic heterocycles. The summed E-state index contributed by atoms with van der Waals surface area (Å²) >= 11 is 0. The third-order valence-corrected chi connectivity index (χ3v) is 9.84. The van der Waals surface area contributed by atoms with Gasteiger partial charge in [0.15, 0.2) is 0 Å². The fourth-order valence-corrected chi connectivity index (χ4v) is 7.48. The molecule has 2 atom stereocenters. The highest BCUT2D eigenvalue weighted by Gasteiger charge is 2.49. The second-order valence-corrected chi connectivity index (χ2v) is 11.8. The number of rotatable bonds is 3. The lowest BCUT2D eigenvalue weighted by atomic mass is 9.86. The van der Waals surface area contributed by atoms with Crippen molar-refractivity contribution in [3.63, 3.8) is 0 Å². The summed E-state index contributed by atoms with van der Waals surface area (Å²) in [5.74, 6) is 0. The summed E-state index contributed by atoms with van der Waals surface area (Å²) in [7, 11) is -3.51. The van der Waals surface area contributed by atoms with Crippen LogP contribution >= 0.6 is 0 Å². The van der Waals surface area contributed by atoms with Crippen molar-refractivity contribution in [2.45, 2.75) is 62.5 Å². The summed E-state index contributed by atoms with van der Waals surface area (Å²) < 4.78 is 40.0. The van der Waals surface area contributed by atoms with Crippen molar-refractivity contribution in [3.05, 3.63) is 23.5 Å². The molecule has 4 saturated heterocycles. The standard InChI is InChI=1S/C22H33N3O4S/c1-17-11-18(2)23-13-20(17)30(26,27)25-8-4-22(5-9-25)12-19(14-29-22)24-7-3-21(15-24)6-10-28-16-21/h11,13,19H,3-10,12,14-16H2,1-2H3. The van der Waals surface area contributed by atoms with Gasteiger partial charge in [-0.15, -0.1) is 0 Å². The second kappa shape index (κ2) is 7.52. The molecule has 0 N–H and O–H groups in total. The van der Waals surface area contributed by atoms with Gasteiger partial charge in [-0.3, -0.25) is 9.88 Å². The van der Waals surface area contributed by atoms with E-state index in [0.717, 1.165) is 63.4 Å². The van der Waals surface area contributed by atoms with Crippen molar-refractivity contribution in [2.75, 3.05) is 46.0 Å². The van der Waals surface area contributed by atoms with Gasteiger partial charge in [-0.25, -0.2) is 8.42 Å². The Hall–Kier alpha value is -1.06. The number of pyridine rings is 1. The zero-order valence-corrected chi connectivity index (χ0v) is 18.9. The van der Waals surface area contributed by atoms with Crippen molar-refractivity contribution in [1.82, 2.24) is 14.2 Å². The first kappa shape index (κ1) is 20.8. The molecule has 166 valence electrons. The molecule has 30 heavy (non-hydrogen) atoms. The van der Waals surface area contributed by atoms with Gasteiger partial charge in [0, 0.05) is 49.6 Å². The van der Waals surface area contributed by atoms with Gasteiger partial charge in [0.2, 0.25) is 10.0 Å². The lowest BCUT2D eigenvalue weighted by molar-refractivity contribution is -0.0317. The van der Waals surface area contributed by atoms with Gasteiger partial charge < -0.3 is 9.47 Å². The van der Waals surface area contributed by atoms with Crippen LogP contribution in [0.15, 0.2) is 17.2 Å². The number of hydrogen-bond acceptors (Lipinski definition) is 6. The maximum Gasteiger partial charge on any atom is 0.244 e. The summed E-state index contributed by atoms with van der Waals surface area (Å²) in [5.41, 5.74) is 1.80. The van der Waals surface area contributed by atoms with E-state index >= 15 is 0 Å². The topological polar surface area (TPSA) is 72.0 Å². The van der Waals surface area contributed by atoms with Crippen LogP contribution in [0.1, 0.15) is 43.4 Å². The Labute approximate surface area is 179 Å². The summed E-state index contributed by atoms with van der Waals surface area (Å²) in [5, 5.41) is 0. The van der Waals surface area contributed by atoms with Crippen LogP contribution in [0.5, 0.6) is 0 Å². The summed E-state index contributed by atoms with van der Waals surface area (Å²) in [6.07, 6.45) is 6.46. The van der Waals surface area contributed by atoms with E-state index < -0.39 is 10.0 Å². The van der Waals surface area contributed by atoms with Crippen LogP contribution in [0, 0.1) is 19.3 Å². The molecular weight excluding hydrogens is 402 g/mol. The molecule has 1 aromatic rings. The molecule has 2 spiro atoms. The summed E-state index contributed by atoms with van der Waals surface area (Å²) in [4.78, 5) is 7.15. The highest BCUT2D eigenvalue weighted by molar-refractivity contribution is 7.89. The molecule has 4 aliphatic heterocycles. The SMILES string of the molecule is Cc1cc(C)c(S(=O)(=O)N2CCC3(CC2)CC(N2CCC4(CCOC4)C2)CO3)cn1. The van der Waals surface area contributed by atoms with Crippen molar-refractivity contribution >= 4 is 10.0 Å². The zero-order valence-electron chi connectivity index (χ0n) is 18.1. The van der Waals surface area contributed by atoms with E-state index in [9.17, 15) is 8.42 Å². The third kappa shape index (κ3) is 3.60. The Morgan fingerprint density at radius 1 is 1.13 bits per heavy atom. The Morgan fingerprint density at radius 3 is 2.63 bits per heavy atom. The zero-order chi connectivity index (χ0) is 21.0. The maximum atomic E-state index is 13.2. The molecule has 4 aliphatic rings. The lowest BCUT2D eigenvalue weighted by Crippen LogP contribution is -2.47. The third-order valence-electron chi connectivity index (χ3n) is 7.81. The van der Waals surface area contributed by atoms with Crippen LogP contribution in [0.2, 0.25) is 0 Å². The number of sulfonamides is 1. The molecular formula is C22H33N3O4S. The van der Waals surface area contributed by atoms with E-state index in [-0.39, 0.29) is 5.60 Å². The minimum Gasteiger partial charge on any atom is -0.381 e. The van der Waals surface area contributed by atoms with Crippen LogP contribution in [0.4, 0.5) is 0 Å². The van der Waals surface area contributed by atoms with Crippen molar-refractivity contribution in [2.24, 2.45) is 5.41 Å². The van der Waals surface area contributed by atoms with E-state index in [2.05, 4.69) is 9.88 Å². The highest BCUT2D eigenvalue weighted by Crippen LogP contribution is 2.44. The van der Waals surface area contributed by atoms with Gasteiger partial charge in [-0.05, 0) is 64.1 Å². The maximum absolute atomic E-state index is 13.2. The van der Waals surface area contributed by atoms with Crippen LogP contribution in [0.3, 0.4) is 0 Å². The smallest absolute Gasteiger partial charge is 0.244 e. The fraction of sp³-hybridized carbons (Fsp3) is 0.773. The normalized spacial score (nSPS) is 32.5. The summed E-state index contributed by atoms with van der Waals surface area (Å²) in [6.45, 7) is 9.58. The van der Waals surface area contributed by atoms with E-state index in [1.807, 2.05) is 19.9 Å². The number of hydrogen-bond donors (Lipinski definition) is 0. The molecule has 0 amide bonds. The van der Waals surface area contributed by atoms with Crippen molar-refractivity contribution < 1.29 is 17.9 Å². The molecule has 0 aromatic carbocycles. The first-order valence-electron chi connectivity index (χ1n) is 11.2. The fourth-order valence-electron chi connectivity index (χ4n) is 5.88. The van der Waals surface area contributed by atoms with Gasteiger partial charge in [-0.2, -0.15) is 4.31 Å². The highest BCUT2D eigenvalue weighted by atomic mass is 32.2. The largest absolute Gasteiger partial charge is 0.381 e. The number of likely N-dealkylation sites (tertiary alicyclic amines) is 1. The second-order valence-electron chi connectivity index (χ2n) is 9.87. The Kier molecular flexibility index (Phi) is 5.22. The number of piperidine rings is 1. The Bertz CT molecular complexity index is 905. The quantitative estimate of drug-likeness (QED) is 0.724. The van der Waals surface area contributed by atoms with Gasteiger partial charge >= 0.3 is 0 Å². The van der Waals surface area contributed by atoms with Crippen LogP contribution in [-0.2, 0) is 19.5 Å². The molecule has 0 saturated carbocycles. The van der Waals surface area contributed by atoms with Gasteiger partial charge in [0.1, 0.15) is 4.90 Å². The van der Waals surface area contributed by atoms with Gasteiger partial charge in [0.05, 0.1) is 18.8 Å². The predicted molar refractivity (Wildman–Crippen MR) is 113 cm³/mol. The minimum absolute atomic E-state index is 0.167. The van der Waals surface area contributed by atoms with Crippen LogP contribution in [-0.4, -0.2) is 80.2 Å². The predicted octanol–water partition coefficient (Wildman–Crippen LogP) is 2.12. The molecule has 0 aliphatic carbocycles. The van der Waals surface area contributed by atoms with E-state index in [1.165, 1.54) is 19.0 Å². The number of nitrogens with zero attached hydrogens (tertiary/aromatic N) is 3. The van der Waals surface area contributed by atoms with Crippen molar-refractivity contribution in [3.8, 4) is 0 Å². The first-order valence-corrected chi connectivity index (χ1v) is 12.6. The molecule has 0 radical (unpaired) electrons. The summed E-state index contributed by atoms with van der Waals surface area (Å²) in [6, 6.07) is 2.29. The molecule has 0 bridgehead atoms. The van der Waals surface area contributed by atoms with Crippen LogP contribution in [0.25, 0.3) is 0 Å². The van der Waals surface area contributed by atoms with Crippen molar-refractivity contribution in [1.29, 1.82) is 0 Å². The molecule has 7 nitrogen and oxygen atoms in total. The van der Waals surface area contributed by atoms with Gasteiger partial charge in [-0.1, -0.05) is 0 Å². The lowest BCUT2D eigenvalue weighted by Gasteiger charge is -2.38. The molecule has 5 heterocycles. The number of aromatic nitrogens is 1. The number of aryl methyl sites for hydroxylation is 2. The van der Waals surface area contributed by atoms with Gasteiger partial charge in [0.25, 0.3) is 0 Å². The molecule has 2 unspecified atom stereocenters.